The van der Waals surface area contributed by atoms with Crippen molar-refractivity contribution in [1.29, 1.82) is 0 Å². The number of hydrogen-bond acceptors (Lipinski definition) is 4. The Bertz CT molecular complexity index is 802. The van der Waals surface area contributed by atoms with Crippen molar-refractivity contribution in [2.45, 2.75) is 40.2 Å². The maximum atomic E-state index is 12.6. The zero-order valence-corrected chi connectivity index (χ0v) is 14.8. The number of nitrogens with one attached hydrogen (secondary N) is 1. The van der Waals surface area contributed by atoms with Crippen molar-refractivity contribution in [3.05, 3.63) is 63.2 Å². The maximum Gasteiger partial charge on any atom is 0.274 e. The Morgan fingerprint density at radius 2 is 1.96 bits per heavy atom. The standard InChI is InChI=1S/C19H22N2O4/c1-5-17(25-18-10-9-12(2)11-13(18)3)19(22)20-15-7-6-8-16(14(15)4)21(23)24/h6-11,17H,5H2,1-4H3,(H,20,22)/t17-/m0/s1. The zero-order chi connectivity index (χ0) is 18.6. The molecule has 0 saturated carbocycles. The van der Waals surface area contributed by atoms with Gasteiger partial charge in [0.05, 0.1) is 16.2 Å². The highest BCUT2D eigenvalue weighted by Crippen LogP contribution is 2.26. The Kier molecular flexibility index (Phi) is 5.75. The molecule has 2 rings (SSSR count). The minimum absolute atomic E-state index is 0.0267. The number of hydrogen-bond donors (Lipinski definition) is 1. The molecule has 0 radical (unpaired) electrons. The van der Waals surface area contributed by atoms with Crippen molar-refractivity contribution < 1.29 is 14.5 Å². The molecule has 0 bridgehead atoms. The Balaban J connectivity index is 2.18. The third-order valence-corrected chi connectivity index (χ3v) is 4.02. The number of aryl methyl sites for hydroxylation is 2. The number of benzene rings is 2. The average Bonchev–Trinajstić information content (AvgIpc) is 2.55. The van der Waals surface area contributed by atoms with Crippen LogP contribution < -0.4 is 10.1 Å². The third kappa shape index (κ3) is 4.35. The van der Waals surface area contributed by atoms with Crippen LogP contribution in [0.1, 0.15) is 30.0 Å². The first-order valence-electron chi connectivity index (χ1n) is 8.12. The first-order valence-corrected chi connectivity index (χ1v) is 8.12. The molecule has 6 heteroatoms. The number of rotatable bonds is 6. The van der Waals surface area contributed by atoms with E-state index in [1.807, 2.05) is 39.0 Å². The highest BCUT2D eigenvalue weighted by atomic mass is 16.6. The summed E-state index contributed by atoms with van der Waals surface area (Å²) in [7, 11) is 0. The van der Waals surface area contributed by atoms with E-state index in [0.717, 1.165) is 11.1 Å². The summed E-state index contributed by atoms with van der Waals surface area (Å²) >= 11 is 0. The monoisotopic (exact) mass is 342 g/mol. The van der Waals surface area contributed by atoms with Gasteiger partial charge in [-0.3, -0.25) is 14.9 Å². The molecule has 132 valence electrons. The van der Waals surface area contributed by atoms with Gasteiger partial charge in [-0.1, -0.05) is 30.7 Å². The molecule has 0 fully saturated rings. The second-order valence-corrected chi connectivity index (χ2v) is 5.98. The molecule has 1 atom stereocenters. The lowest BCUT2D eigenvalue weighted by molar-refractivity contribution is -0.385. The largest absolute Gasteiger partial charge is 0.480 e. The number of ether oxygens (including phenoxy) is 1. The number of nitro benzene ring substituents is 1. The van der Waals surface area contributed by atoms with Crippen LogP contribution in [-0.4, -0.2) is 16.9 Å². The SMILES string of the molecule is CC[C@H](Oc1ccc(C)cc1C)C(=O)Nc1cccc([N+](=O)[O-])c1C. The molecule has 0 aliphatic carbocycles. The molecule has 25 heavy (non-hydrogen) atoms. The van der Waals surface area contributed by atoms with Gasteiger partial charge in [0.2, 0.25) is 0 Å². The van der Waals surface area contributed by atoms with Crippen LogP contribution in [0.5, 0.6) is 5.75 Å². The van der Waals surface area contributed by atoms with E-state index < -0.39 is 11.0 Å². The molecule has 0 heterocycles. The molecule has 0 aromatic heterocycles. The van der Waals surface area contributed by atoms with Crippen LogP contribution in [0.25, 0.3) is 0 Å². The summed E-state index contributed by atoms with van der Waals surface area (Å²) in [6.07, 6.45) is -0.201. The average molecular weight is 342 g/mol. The Hall–Kier alpha value is -2.89. The molecule has 2 aromatic carbocycles. The smallest absolute Gasteiger partial charge is 0.274 e. The van der Waals surface area contributed by atoms with Crippen LogP contribution in [0.3, 0.4) is 0 Å². The van der Waals surface area contributed by atoms with Gasteiger partial charge in [-0.2, -0.15) is 0 Å². The number of nitro groups is 1. The molecular formula is C19H22N2O4. The zero-order valence-electron chi connectivity index (χ0n) is 14.8. The van der Waals surface area contributed by atoms with Crippen molar-refractivity contribution in [3.63, 3.8) is 0 Å². The van der Waals surface area contributed by atoms with Crippen molar-refractivity contribution >= 4 is 17.3 Å². The fourth-order valence-electron chi connectivity index (χ4n) is 2.58. The molecule has 0 aliphatic heterocycles. The summed E-state index contributed by atoms with van der Waals surface area (Å²) < 4.78 is 5.86. The molecule has 0 aliphatic rings. The molecule has 6 nitrogen and oxygen atoms in total. The third-order valence-electron chi connectivity index (χ3n) is 4.02. The van der Waals surface area contributed by atoms with E-state index in [1.165, 1.54) is 6.07 Å². The fraction of sp³-hybridized carbons (Fsp3) is 0.316. The molecular weight excluding hydrogens is 320 g/mol. The van der Waals surface area contributed by atoms with Crippen LogP contribution in [-0.2, 0) is 4.79 Å². The first-order chi connectivity index (χ1) is 11.8. The summed E-state index contributed by atoms with van der Waals surface area (Å²) in [5.74, 6) is 0.328. The van der Waals surface area contributed by atoms with E-state index >= 15 is 0 Å². The minimum Gasteiger partial charge on any atom is -0.480 e. The predicted octanol–water partition coefficient (Wildman–Crippen LogP) is 4.32. The van der Waals surface area contributed by atoms with Crippen LogP contribution >= 0.6 is 0 Å². The highest BCUT2D eigenvalue weighted by Gasteiger charge is 2.22. The lowest BCUT2D eigenvalue weighted by Crippen LogP contribution is -2.32. The van der Waals surface area contributed by atoms with Gasteiger partial charge in [0.15, 0.2) is 6.10 Å². The minimum atomic E-state index is -0.680. The van der Waals surface area contributed by atoms with E-state index in [9.17, 15) is 14.9 Å². The van der Waals surface area contributed by atoms with Crippen molar-refractivity contribution in [2.24, 2.45) is 0 Å². The van der Waals surface area contributed by atoms with Gasteiger partial charge >= 0.3 is 0 Å². The molecule has 1 amide bonds. The van der Waals surface area contributed by atoms with E-state index in [2.05, 4.69) is 5.32 Å². The first kappa shape index (κ1) is 18.4. The quantitative estimate of drug-likeness (QED) is 0.626. The maximum absolute atomic E-state index is 12.6. The molecule has 0 unspecified atom stereocenters. The molecule has 0 saturated heterocycles. The Morgan fingerprint density at radius 1 is 1.24 bits per heavy atom. The van der Waals surface area contributed by atoms with E-state index in [4.69, 9.17) is 4.74 Å². The summed E-state index contributed by atoms with van der Waals surface area (Å²) in [5, 5.41) is 13.8. The van der Waals surface area contributed by atoms with Gasteiger partial charge in [0, 0.05) is 6.07 Å². The Labute approximate surface area is 147 Å². The summed E-state index contributed by atoms with van der Waals surface area (Å²) in [5.41, 5.74) is 2.89. The summed E-state index contributed by atoms with van der Waals surface area (Å²) in [6, 6.07) is 10.4. The number of carbonyl (C=O) groups excluding carboxylic acids is 1. The van der Waals surface area contributed by atoms with Crippen LogP contribution in [0, 0.1) is 30.9 Å². The second-order valence-electron chi connectivity index (χ2n) is 5.98. The van der Waals surface area contributed by atoms with E-state index in [0.29, 0.717) is 23.4 Å². The van der Waals surface area contributed by atoms with Crippen LogP contribution in [0.2, 0.25) is 0 Å². The number of nitrogens with zero attached hydrogens (tertiary/aromatic N) is 1. The number of anilines is 1. The summed E-state index contributed by atoms with van der Waals surface area (Å²) in [4.78, 5) is 23.1. The van der Waals surface area contributed by atoms with Gasteiger partial charge < -0.3 is 10.1 Å². The van der Waals surface area contributed by atoms with Crippen molar-refractivity contribution in [2.75, 3.05) is 5.32 Å². The van der Waals surface area contributed by atoms with Crippen molar-refractivity contribution in [3.8, 4) is 5.75 Å². The van der Waals surface area contributed by atoms with Crippen molar-refractivity contribution in [1.82, 2.24) is 0 Å². The topological polar surface area (TPSA) is 81.5 Å². The lowest BCUT2D eigenvalue weighted by atomic mass is 10.1. The van der Waals surface area contributed by atoms with Crippen LogP contribution in [0.4, 0.5) is 11.4 Å². The van der Waals surface area contributed by atoms with Gasteiger partial charge in [-0.05, 0) is 44.9 Å². The van der Waals surface area contributed by atoms with Gasteiger partial charge in [0.1, 0.15) is 5.75 Å². The molecule has 2 aromatic rings. The van der Waals surface area contributed by atoms with Gasteiger partial charge in [0.25, 0.3) is 11.6 Å². The normalized spacial score (nSPS) is 11.7. The van der Waals surface area contributed by atoms with Crippen LogP contribution in [0.15, 0.2) is 36.4 Å². The van der Waals surface area contributed by atoms with E-state index in [-0.39, 0.29) is 11.6 Å². The molecule has 1 N–H and O–H groups in total. The number of carbonyl (C=O) groups is 1. The van der Waals surface area contributed by atoms with Gasteiger partial charge in [-0.15, -0.1) is 0 Å². The highest BCUT2D eigenvalue weighted by molar-refractivity contribution is 5.95. The molecule has 0 spiro atoms. The fourth-order valence-corrected chi connectivity index (χ4v) is 2.58. The van der Waals surface area contributed by atoms with E-state index in [1.54, 1.807) is 19.1 Å². The second kappa shape index (κ2) is 7.79. The Morgan fingerprint density at radius 3 is 2.56 bits per heavy atom. The predicted molar refractivity (Wildman–Crippen MR) is 97.1 cm³/mol. The lowest BCUT2D eigenvalue weighted by Gasteiger charge is -2.19. The summed E-state index contributed by atoms with van der Waals surface area (Å²) in [6.45, 7) is 7.39. The number of amides is 1. The van der Waals surface area contributed by atoms with Gasteiger partial charge in [-0.25, -0.2) is 0 Å².